The van der Waals surface area contributed by atoms with Gasteiger partial charge in [0.1, 0.15) is 5.82 Å². The highest BCUT2D eigenvalue weighted by Gasteiger charge is 2.35. The Balaban J connectivity index is 1.79. The van der Waals surface area contributed by atoms with Crippen molar-refractivity contribution < 1.29 is 13.7 Å². The molecule has 1 aliphatic rings. The van der Waals surface area contributed by atoms with E-state index in [1.54, 1.807) is 17.0 Å². The summed E-state index contributed by atoms with van der Waals surface area (Å²) in [6, 6.07) is 13.2. The highest BCUT2D eigenvalue weighted by molar-refractivity contribution is 5.86. The molecule has 3 aromatic rings. The minimum atomic E-state index is -0.524. The van der Waals surface area contributed by atoms with Crippen molar-refractivity contribution in [2.45, 2.75) is 40.2 Å². The van der Waals surface area contributed by atoms with Gasteiger partial charge in [-0.05, 0) is 49.9 Å². The van der Waals surface area contributed by atoms with Crippen LogP contribution in [-0.2, 0) is 0 Å². The Labute approximate surface area is 187 Å². The summed E-state index contributed by atoms with van der Waals surface area (Å²) in [5, 5.41) is 7.23. The first-order valence-corrected chi connectivity index (χ1v) is 10.8. The van der Waals surface area contributed by atoms with Crippen molar-refractivity contribution in [3.63, 3.8) is 0 Å². The molecule has 7 heteroatoms. The second-order valence-corrected chi connectivity index (χ2v) is 8.56. The third-order valence-electron chi connectivity index (χ3n) is 5.66. The lowest BCUT2D eigenvalue weighted by molar-refractivity contribution is 0.202. The highest BCUT2D eigenvalue weighted by atomic mass is 19.1. The van der Waals surface area contributed by atoms with E-state index >= 15 is 0 Å². The monoisotopic (exact) mass is 434 g/mol. The van der Waals surface area contributed by atoms with E-state index in [9.17, 15) is 9.18 Å². The van der Waals surface area contributed by atoms with Crippen molar-refractivity contribution in [3.8, 4) is 11.4 Å². The van der Waals surface area contributed by atoms with E-state index in [1.165, 1.54) is 12.1 Å². The summed E-state index contributed by atoms with van der Waals surface area (Å²) in [6.45, 7) is 8.71. The van der Waals surface area contributed by atoms with Gasteiger partial charge in [0.05, 0.1) is 11.6 Å². The minimum Gasteiger partial charge on any atom is -0.334 e. The molecule has 1 atom stereocenters. The maximum atomic E-state index is 13.5. The fourth-order valence-electron chi connectivity index (χ4n) is 3.85. The van der Waals surface area contributed by atoms with Crippen molar-refractivity contribution in [1.29, 1.82) is 0 Å². The van der Waals surface area contributed by atoms with Gasteiger partial charge in [0.25, 0.3) is 5.89 Å². The molecule has 2 aromatic carbocycles. The third-order valence-corrected chi connectivity index (χ3v) is 5.66. The summed E-state index contributed by atoms with van der Waals surface area (Å²) in [5.74, 6) is 0.928. The number of carbonyl (C=O) groups excluding carboxylic acids is 1. The van der Waals surface area contributed by atoms with Crippen LogP contribution in [0.2, 0.25) is 0 Å². The fourth-order valence-corrected chi connectivity index (χ4v) is 3.85. The number of allylic oxidation sites excluding steroid dienone is 1. The van der Waals surface area contributed by atoms with E-state index in [0.717, 1.165) is 28.8 Å². The van der Waals surface area contributed by atoms with E-state index in [2.05, 4.69) is 29.3 Å². The summed E-state index contributed by atoms with van der Waals surface area (Å²) in [4.78, 5) is 19.3. The number of nitrogens with one attached hydrogen (secondary N) is 1. The van der Waals surface area contributed by atoms with Crippen molar-refractivity contribution in [2.24, 2.45) is 5.92 Å². The second-order valence-electron chi connectivity index (χ2n) is 8.56. The molecule has 32 heavy (non-hydrogen) atoms. The summed E-state index contributed by atoms with van der Waals surface area (Å²) in [6.07, 6.45) is 0.859. The maximum absolute atomic E-state index is 13.5. The number of nitrogens with zero attached hydrogens (tertiary/aromatic N) is 3. The predicted molar refractivity (Wildman–Crippen MR) is 121 cm³/mol. The first kappa shape index (κ1) is 21.7. The molecule has 0 saturated carbocycles. The molecular weight excluding hydrogens is 407 g/mol. The predicted octanol–water partition coefficient (Wildman–Crippen LogP) is 5.73. The number of hydrogen-bond donors (Lipinski definition) is 1. The van der Waals surface area contributed by atoms with Gasteiger partial charge in [0.2, 0.25) is 5.82 Å². The zero-order valence-corrected chi connectivity index (χ0v) is 18.7. The average molecular weight is 435 g/mol. The number of aromatic nitrogens is 2. The molecule has 0 bridgehead atoms. The molecule has 1 unspecified atom stereocenters. The summed E-state index contributed by atoms with van der Waals surface area (Å²) >= 11 is 0. The first-order chi connectivity index (χ1) is 15.3. The van der Waals surface area contributed by atoms with Crippen LogP contribution in [0.4, 0.5) is 9.18 Å². The van der Waals surface area contributed by atoms with Gasteiger partial charge in [0, 0.05) is 17.8 Å². The van der Waals surface area contributed by atoms with Crippen molar-refractivity contribution in [2.75, 3.05) is 6.54 Å². The molecule has 166 valence electrons. The molecule has 0 spiro atoms. The van der Waals surface area contributed by atoms with Gasteiger partial charge in [-0.2, -0.15) is 4.98 Å². The van der Waals surface area contributed by atoms with E-state index in [0.29, 0.717) is 29.8 Å². The second kappa shape index (κ2) is 8.94. The van der Waals surface area contributed by atoms with Crippen LogP contribution in [0, 0.1) is 18.7 Å². The van der Waals surface area contributed by atoms with Crippen LogP contribution in [0.3, 0.4) is 0 Å². The van der Waals surface area contributed by atoms with E-state index in [-0.39, 0.29) is 11.8 Å². The number of hydrogen-bond acceptors (Lipinski definition) is 4. The normalized spacial score (nSPS) is 16.6. The Kier molecular flexibility index (Phi) is 6.08. The van der Waals surface area contributed by atoms with Crippen LogP contribution in [0.25, 0.3) is 17.0 Å². The number of benzene rings is 2. The summed E-state index contributed by atoms with van der Waals surface area (Å²) in [7, 11) is 0. The maximum Gasteiger partial charge on any atom is 0.322 e. The van der Waals surface area contributed by atoms with Gasteiger partial charge in [-0.15, -0.1) is 0 Å². The Bertz CT molecular complexity index is 1150. The molecule has 0 aliphatic carbocycles. The van der Waals surface area contributed by atoms with Gasteiger partial charge < -0.3 is 9.84 Å². The third kappa shape index (κ3) is 4.42. The number of aryl methyl sites for hydroxylation is 1. The van der Waals surface area contributed by atoms with Gasteiger partial charge in [-0.1, -0.05) is 54.9 Å². The van der Waals surface area contributed by atoms with E-state index in [4.69, 9.17) is 4.52 Å². The lowest BCUT2D eigenvalue weighted by Crippen LogP contribution is -2.46. The molecule has 0 fully saturated rings. The molecule has 6 nitrogen and oxygen atoms in total. The molecule has 4 rings (SSSR count). The molecule has 2 heterocycles. The average Bonchev–Trinajstić information content (AvgIpc) is 3.23. The van der Waals surface area contributed by atoms with Crippen molar-refractivity contribution in [1.82, 2.24) is 20.4 Å². The standard InChI is InChI=1S/C25H27FN4O2/c1-15(2)12-13-30-17(4)21(22(27-25(30)31)18-8-10-20(26)11-9-18)24-28-23(29-32-24)19-7-5-6-16(3)14-19/h5-11,14-15,22H,12-13H2,1-4H3,(H,27,31). The van der Waals surface area contributed by atoms with Crippen LogP contribution < -0.4 is 5.32 Å². The molecule has 1 aliphatic heterocycles. The van der Waals surface area contributed by atoms with Crippen LogP contribution in [0.15, 0.2) is 58.8 Å². The highest BCUT2D eigenvalue weighted by Crippen LogP contribution is 2.37. The molecule has 0 radical (unpaired) electrons. The number of rotatable bonds is 6. The van der Waals surface area contributed by atoms with Crippen LogP contribution in [0.1, 0.15) is 50.3 Å². The topological polar surface area (TPSA) is 71.3 Å². The molecule has 0 saturated heterocycles. The molecule has 2 amide bonds. The Hall–Kier alpha value is -3.48. The van der Waals surface area contributed by atoms with Crippen LogP contribution in [-0.4, -0.2) is 27.6 Å². The smallest absolute Gasteiger partial charge is 0.322 e. The Morgan fingerprint density at radius 3 is 2.59 bits per heavy atom. The first-order valence-electron chi connectivity index (χ1n) is 10.8. The Morgan fingerprint density at radius 2 is 1.91 bits per heavy atom. The molecule has 1 aromatic heterocycles. The molecule has 1 N–H and O–H groups in total. The van der Waals surface area contributed by atoms with Gasteiger partial charge in [0.15, 0.2) is 0 Å². The number of amides is 2. The van der Waals surface area contributed by atoms with Crippen LogP contribution in [0.5, 0.6) is 0 Å². The lowest BCUT2D eigenvalue weighted by Gasteiger charge is -2.35. The largest absolute Gasteiger partial charge is 0.334 e. The fraction of sp³-hybridized carbons (Fsp3) is 0.320. The number of halogens is 1. The lowest BCUT2D eigenvalue weighted by atomic mass is 9.94. The zero-order valence-electron chi connectivity index (χ0n) is 18.7. The van der Waals surface area contributed by atoms with Crippen molar-refractivity contribution >= 4 is 11.6 Å². The van der Waals surface area contributed by atoms with Crippen molar-refractivity contribution in [3.05, 3.63) is 77.1 Å². The Morgan fingerprint density at radius 1 is 1.16 bits per heavy atom. The van der Waals surface area contributed by atoms with E-state index < -0.39 is 6.04 Å². The van der Waals surface area contributed by atoms with Crippen LogP contribution >= 0.6 is 0 Å². The van der Waals surface area contributed by atoms with E-state index in [1.807, 2.05) is 38.1 Å². The molecular formula is C25H27FN4O2. The quantitative estimate of drug-likeness (QED) is 0.538. The number of urea groups is 1. The van der Waals surface area contributed by atoms with Gasteiger partial charge in [-0.3, -0.25) is 4.90 Å². The summed E-state index contributed by atoms with van der Waals surface area (Å²) < 4.78 is 19.2. The number of carbonyl (C=O) groups is 1. The SMILES string of the molecule is CC1=C(c2nc(-c3cccc(C)c3)no2)C(c2ccc(F)cc2)NC(=O)N1CCC(C)C. The van der Waals surface area contributed by atoms with Gasteiger partial charge >= 0.3 is 6.03 Å². The zero-order chi connectivity index (χ0) is 22.8. The minimum absolute atomic E-state index is 0.195. The summed E-state index contributed by atoms with van der Waals surface area (Å²) in [5.41, 5.74) is 4.16. The van der Waals surface area contributed by atoms with Gasteiger partial charge in [-0.25, -0.2) is 9.18 Å².